The van der Waals surface area contributed by atoms with Crippen molar-refractivity contribution < 1.29 is 28.2 Å². The van der Waals surface area contributed by atoms with Crippen LogP contribution in [-0.4, -0.2) is 56.6 Å². The zero-order valence-corrected chi connectivity index (χ0v) is 13.8. The van der Waals surface area contributed by atoms with Crippen molar-refractivity contribution >= 4 is 11.9 Å². The van der Waals surface area contributed by atoms with E-state index >= 15 is 0 Å². The lowest BCUT2D eigenvalue weighted by Crippen LogP contribution is -2.30. The number of ether oxygens (including phenoxy) is 1. The molecule has 0 saturated carbocycles. The molecule has 0 spiro atoms. The van der Waals surface area contributed by atoms with Crippen LogP contribution in [-0.2, 0) is 4.79 Å². The number of hydrogen-bond acceptors (Lipinski definition) is 5. The number of hydrogen-bond donors (Lipinski definition) is 1. The van der Waals surface area contributed by atoms with Gasteiger partial charge in [-0.1, -0.05) is 5.21 Å². The minimum atomic E-state index is -2.91. The number of alkyl halides is 2. The predicted molar refractivity (Wildman–Crippen MR) is 84.4 cm³/mol. The minimum Gasteiger partial charge on any atom is -0.481 e. The molecule has 8 nitrogen and oxygen atoms in total. The summed E-state index contributed by atoms with van der Waals surface area (Å²) in [4.78, 5) is 25.0. The van der Waals surface area contributed by atoms with Crippen molar-refractivity contribution in [2.75, 3.05) is 13.1 Å². The van der Waals surface area contributed by atoms with Gasteiger partial charge in [-0.25, -0.2) is 4.68 Å². The molecular weight excluding hydrogens is 350 g/mol. The molecule has 0 radical (unpaired) electrons. The molecular formula is C16H16F2N4O4. The van der Waals surface area contributed by atoms with Crippen LogP contribution in [0.2, 0.25) is 0 Å². The average molecular weight is 366 g/mol. The van der Waals surface area contributed by atoms with Gasteiger partial charge in [-0.05, 0) is 37.6 Å². The largest absolute Gasteiger partial charge is 0.481 e. The van der Waals surface area contributed by atoms with Gasteiger partial charge in [0.1, 0.15) is 5.75 Å². The van der Waals surface area contributed by atoms with E-state index in [1.165, 1.54) is 33.8 Å². The number of benzene rings is 1. The number of carboxylic acids is 1. The Morgan fingerprint density at radius 1 is 1.31 bits per heavy atom. The van der Waals surface area contributed by atoms with Gasteiger partial charge in [0.05, 0.1) is 17.3 Å². The van der Waals surface area contributed by atoms with E-state index in [2.05, 4.69) is 15.0 Å². The van der Waals surface area contributed by atoms with E-state index in [-0.39, 0.29) is 23.9 Å². The lowest BCUT2D eigenvalue weighted by molar-refractivity contribution is -0.141. The number of amides is 1. The fraction of sp³-hybridized carbons (Fsp3) is 0.375. The molecule has 1 amide bonds. The highest BCUT2D eigenvalue weighted by Crippen LogP contribution is 2.22. The maximum atomic E-state index is 12.6. The second-order valence-corrected chi connectivity index (χ2v) is 5.88. The molecule has 1 atom stereocenters. The third-order valence-electron chi connectivity index (χ3n) is 4.23. The van der Waals surface area contributed by atoms with Crippen molar-refractivity contribution in [2.45, 2.75) is 20.0 Å². The summed E-state index contributed by atoms with van der Waals surface area (Å²) in [5.41, 5.74) is 1.13. The summed E-state index contributed by atoms with van der Waals surface area (Å²) >= 11 is 0. The number of aliphatic carboxylic acids is 1. The van der Waals surface area contributed by atoms with Gasteiger partial charge in [-0.2, -0.15) is 8.78 Å². The molecule has 10 heteroatoms. The number of halogens is 2. The summed E-state index contributed by atoms with van der Waals surface area (Å²) < 4.78 is 30.1. The van der Waals surface area contributed by atoms with Gasteiger partial charge in [-0.3, -0.25) is 9.59 Å². The van der Waals surface area contributed by atoms with Crippen LogP contribution in [0.4, 0.5) is 8.78 Å². The first-order valence-electron chi connectivity index (χ1n) is 7.86. The number of carbonyl (C=O) groups excluding carboxylic acids is 1. The molecule has 0 aliphatic carbocycles. The fourth-order valence-corrected chi connectivity index (χ4v) is 2.84. The Bertz CT molecular complexity index is 822. The average Bonchev–Trinajstić information content (AvgIpc) is 3.22. The van der Waals surface area contributed by atoms with Crippen molar-refractivity contribution in [1.29, 1.82) is 0 Å². The summed E-state index contributed by atoms with van der Waals surface area (Å²) in [5, 5.41) is 16.9. The van der Waals surface area contributed by atoms with Gasteiger partial charge in [0.25, 0.3) is 5.91 Å². The molecule has 0 bridgehead atoms. The van der Waals surface area contributed by atoms with Crippen LogP contribution >= 0.6 is 0 Å². The van der Waals surface area contributed by atoms with Crippen molar-refractivity contribution in [2.24, 2.45) is 5.92 Å². The second kappa shape index (κ2) is 7.06. The molecule has 1 aromatic carbocycles. The van der Waals surface area contributed by atoms with Crippen molar-refractivity contribution in [3.63, 3.8) is 0 Å². The standard InChI is InChI=1S/C16H16F2N4O4/c1-9-13(14(23)21-7-6-10(8-21)15(24)25)19-20-22(9)11-2-4-12(5-3-11)26-16(17)18/h2-5,10,16H,6-8H2,1H3,(H,24,25). The Hall–Kier alpha value is -3.04. The Kier molecular flexibility index (Phi) is 4.83. The normalized spacial score (nSPS) is 16.9. The summed E-state index contributed by atoms with van der Waals surface area (Å²) in [6.07, 6.45) is 0.403. The number of rotatable bonds is 5. The van der Waals surface area contributed by atoms with Crippen LogP contribution in [0.15, 0.2) is 24.3 Å². The van der Waals surface area contributed by atoms with Crippen LogP contribution in [0.25, 0.3) is 5.69 Å². The Morgan fingerprint density at radius 3 is 2.58 bits per heavy atom. The smallest absolute Gasteiger partial charge is 0.387 e. The topological polar surface area (TPSA) is 97.5 Å². The molecule has 1 aliphatic heterocycles. The van der Waals surface area contributed by atoms with Gasteiger partial charge in [0.2, 0.25) is 0 Å². The van der Waals surface area contributed by atoms with Crippen molar-refractivity contribution in [1.82, 2.24) is 19.9 Å². The van der Waals surface area contributed by atoms with E-state index < -0.39 is 18.5 Å². The molecule has 138 valence electrons. The first-order chi connectivity index (χ1) is 12.4. The van der Waals surface area contributed by atoms with Crippen LogP contribution in [0.5, 0.6) is 5.75 Å². The zero-order valence-electron chi connectivity index (χ0n) is 13.8. The lowest BCUT2D eigenvalue weighted by atomic mass is 10.1. The van der Waals surface area contributed by atoms with Crippen LogP contribution < -0.4 is 4.74 Å². The molecule has 2 heterocycles. The second-order valence-electron chi connectivity index (χ2n) is 5.88. The van der Waals surface area contributed by atoms with E-state index in [1.54, 1.807) is 6.92 Å². The summed E-state index contributed by atoms with van der Waals surface area (Å²) in [7, 11) is 0. The number of carbonyl (C=O) groups is 2. The number of likely N-dealkylation sites (tertiary alicyclic amines) is 1. The molecule has 1 N–H and O–H groups in total. The van der Waals surface area contributed by atoms with Gasteiger partial charge in [-0.15, -0.1) is 5.10 Å². The van der Waals surface area contributed by atoms with Crippen molar-refractivity contribution in [3.8, 4) is 11.4 Å². The first kappa shape index (κ1) is 17.8. The third kappa shape index (κ3) is 3.48. The van der Waals surface area contributed by atoms with Gasteiger partial charge >= 0.3 is 12.6 Å². The molecule has 1 aliphatic rings. The zero-order chi connectivity index (χ0) is 18.8. The maximum Gasteiger partial charge on any atom is 0.387 e. The van der Waals surface area contributed by atoms with E-state index in [1.807, 2.05) is 0 Å². The minimum absolute atomic E-state index is 0.00889. The fourth-order valence-electron chi connectivity index (χ4n) is 2.84. The predicted octanol–water partition coefficient (Wildman–Crippen LogP) is 1.72. The quantitative estimate of drug-likeness (QED) is 0.865. The summed E-state index contributed by atoms with van der Waals surface area (Å²) in [6.45, 7) is -0.767. The van der Waals surface area contributed by atoms with Crippen LogP contribution in [0.3, 0.4) is 0 Å². The third-order valence-corrected chi connectivity index (χ3v) is 4.23. The van der Waals surface area contributed by atoms with Crippen LogP contribution in [0, 0.1) is 12.8 Å². The van der Waals surface area contributed by atoms with Crippen LogP contribution in [0.1, 0.15) is 22.6 Å². The molecule has 1 unspecified atom stereocenters. The Morgan fingerprint density at radius 2 is 2.00 bits per heavy atom. The van der Waals surface area contributed by atoms with E-state index in [9.17, 15) is 18.4 Å². The highest BCUT2D eigenvalue weighted by Gasteiger charge is 2.33. The number of aromatic nitrogens is 3. The van der Waals surface area contributed by atoms with Crippen molar-refractivity contribution in [3.05, 3.63) is 35.7 Å². The summed E-state index contributed by atoms with van der Waals surface area (Å²) in [6, 6.07) is 5.76. The highest BCUT2D eigenvalue weighted by molar-refractivity contribution is 5.94. The number of carboxylic acid groups (broad SMARTS) is 1. The summed E-state index contributed by atoms with van der Waals surface area (Å²) in [5.74, 6) is -1.87. The molecule has 1 aromatic heterocycles. The van der Waals surface area contributed by atoms with E-state index in [0.29, 0.717) is 24.3 Å². The Balaban J connectivity index is 1.77. The van der Waals surface area contributed by atoms with Gasteiger partial charge in [0.15, 0.2) is 5.69 Å². The van der Waals surface area contributed by atoms with E-state index in [0.717, 1.165) is 0 Å². The highest BCUT2D eigenvalue weighted by atomic mass is 19.3. The Labute approximate surface area is 147 Å². The lowest BCUT2D eigenvalue weighted by Gasteiger charge is -2.14. The first-order valence-corrected chi connectivity index (χ1v) is 7.86. The number of nitrogens with zero attached hydrogens (tertiary/aromatic N) is 4. The molecule has 1 fully saturated rings. The maximum absolute atomic E-state index is 12.6. The SMILES string of the molecule is Cc1c(C(=O)N2CCC(C(=O)O)C2)nnn1-c1ccc(OC(F)F)cc1. The van der Waals surface area contributed by atoms with Gasteiger partial charge in [0, 0.05) is 13.1 Å². The molecule has 1 saturated heterocycles. The molecule has 3 rings (SSSR count). The van der Waals surface area contributed by atoms with Gasteiger partial charge < -0.3 is 14.7 Å². The molecule has 2 aromatic rings. The molecule has 26 heavy (non-hydrogen) atoms. The van der Waals surface area contributed by atoms with E-state index in [4.69, 9.17) is 5.11 Å². The monoisotopic (exact) mass is 366 g/mol.